The molecule has 2 nitrogen and oxygen atoms in total. The molecule has 0 bridgehead atoms. The van der Waals surface area contributed by atoms with E-state index in [0.29, 0.717) is 11.0 Å². The van der Waals surface area contributed by atoms with Gasteiger partial charge >= 0.3 is 0 Å². The van der Waals surface area contributed by atoms with Crippen LogP contribution in [0.4, 0.5) is 0 Å². The molecule has 0 N–H and O–H groups in total. The number of halogens is 1. The second kappa shape index (κ2) is 6.20. The van der Waals surface area contributed by atoms with Crippen molar-refractivity contribution in [2.75, 3.05) is 0 Å². The lowest BCUT2D eigenvalue weighted by Gasteiger charge is -2.06. The molecule has 124 valence electrons. The molecule has 26 heavy (non-hydrogen) atoms. The van der Waals surface area contributed by atoms with Crippen LogP contribution >= 0.6 is 22.9 Å². The van der Waals surface area contributed by atoms with Crippen LogP contribution in [0.2, 0.25) is 5.15 Å². The van der Waals surface area contributed by atoms with Gasteiger partial charge in [-0.25, -0.2) is 9.97 Å². The van der Waals surface area contributed by atoms with Crippen molar-refractivity contribution in [3.63, 3.8) is 0 Å². The van der Waals surface area contributed by atoms with Gasteiger partial charge in [-0.3, -0.25) is 0 Å². The Morgan fingerprint density at radius 3 is 2.31 bits per heavy atom. The van der Waals surface area contributed by atoms with Gasteiger partial charge in [-0.2, -0.15) is 0 Å². The first-order valence-corrected chi connectivity index (χ1v) is 9.50. The van der Waals surface area contributed by atoms with Gasteiger partial charge in [0.2, 0.25) is 0 Å². The van der Waals surface area contributed by atoms with E-state index in [1.54, 1.807) is 11.3 Å². The average molecular weight is 373 g/mol. The Hall–Kier alpha value is -2.75. The van der Waals surface area contributed by atoms with Crippen molar-refractivity contribution < 1.29 is 0 Å². The van der Waals surface area contributed by atoms with Gasteiger partial charge in [0.1, 0.15) is 9.98 Å². The normalized spacial score (nSPS) is 11.3. The molecular weight excluding hydrogens is 360 g/mol. The molecular formula is C22H13ClN2S. The Balaban J connectivity index is 1.69. The minimum Gasteiger partial charge on any atom is -0.217 e. The van der Waals surface area contributed by atoms with E-state index in [9.17, 15) is 0 Å². The van der Waals surface area contributed by atoms with E-state index < -0.39 is 0 Å². The molecule has 0 unspecified atom stereocenters. The number of rotatable bonds is 2. The van der Waals surface area contributed by atoms with Crippen molar-refractivity contribution in [2.24, 2.45) is 0 Å². The Labute approximate surface area is 159 Å². The molecule has 0 saturated carbocycles. The summed E-state index contributed by atoms with van der Waals surface area (Å²) in [6.07, 6.45) is 0. The molecule has 4 heteroatoms. The van der Waals surface area contributed by atoms with Crippen molar-refractivity contribution in [3.05, 3.63) is 84.0 Å². The summed E-state index contributed by atoms with van der Waals surface area (Å²) in [4.78, 5) is 10.3. The zero-order valence-corrected chi connectivity index (χ0v) is 15.3. The van der Waals surface area contributed by atoms with Crippen LogP contribution in [0.3, 0.4) is 0 Å². The summed E-state index contributed by atoms with van der Waals surface area (Å²) >= 11 is 8.19. The number of benzene rings is 3. The van der Waals surface area contributed by atoms with Gasteiger partial charge in [-0.15, -0.1) is 11.3 Å². The SMILES string of the molecule is Clc1nc(-c2cccc(-c3ccccc3)c2)nc2sc3ccccc3c12. The smallest absolute Gasteiger partial charge is 0.162 e. The van der Waals surface area contributed by atoms with Crippen molar-refractivity contribution >= 4 is 43.2 Å². The second-order valence-corrected chi connectivity index (χ2v) is 7.45. The highest BCUT2D eigenvalue weighted by Crippen LogP contribution is 2.37. The first kappa shape index (κ1) is 15.5. The molecule has 0 fully saturated rings. The molecule has 0 amide bonds. The lowest BCUT2D eigenvalue weighted by molar-refractivity contribution is 1.24. The number of hydrogen-bond donors (Lipinski definition) is 0. The average Bonchev–Trinajstić information content (AvgIpc) is 3.08. The van der Waals surface area contributed by atoms with E-state index in [0.717, 1.165) is 26.7 Å². The minimum atomic E-state index is 0.507. The molecule has 5 aromatic rings. The third kappa shape index (κ3) is 2.57. The van der Waals surface area contributed by atoms with Gasteiger partial charge in [-0.05, 0) is 23.3 Å². The monoisotopic (exact) mass is 372 g/mol. The van der Waals surface area contributed by atoms with Crippen LogP contribution in [0, 0.1) is 0 Å². The van der Waals surface area contributed by atoms with Crippen LogP contribution < -0.4 is 0 Å². The van der Waals surface area contributed by atoms with Crippen LogP contribution in [0.5, 0.6) is 0 Å². The molecule has 3 aromatic carbocycles. The van der Waals surface area contributed by atoms with E-state index >= 15 is 0 Å². The summed E-state index contributed by atoms with van der Waals surface area (Å²) in [6, 6.07) is 26.8. The Morgan fingerprint density at radius 1 is 0.692 bits per heavy atom. The summed E-state index contributed by atoms with van der Waals surface area (Å²) < 4.78 is 1.17. The summed E-state index contributed by atoms with van der Waals surface area (Å²) in [5, 5.41) is 2.56. The summed E-state index contributed by atoms with van der Waals surface area (Å²) in [6.45, 7) is 0. The zero-order valence-electron chi connectivity index (χ0n) is 13.7. The van der Waals surface area contributed by atoms with Crippen LogP contribution in [0.15, 0.2) is 78.9 Å². The first-order valence-electron chi connectivity index (χ1n) is 8.30. The molecule has 2 heterocycles. The third-order valence-electron chi connectivity index (χ3n) is 4.42. The van der Waals surface area contributed by atoms with E-state index in [4.69, 9.17) is 16.6 Å². The third-order valence-corrected chi connectivity index (χ3v) is 5.76. The van der Waals surface area contributed by atoms with E-state index in [1.807, 2.05) is 42.5 Å². The fraction of sp³-hybridized carbons (Fsp3) is 0. The maximum Gasteiger partial charge on any atom is 0.162 e. The lowest BCUT2D eigenvalue weighted by Crippen LogP contribution is -1.90. The van der Waals surface area contributed by atoms with Gasteiger partial charge < -0.3 is 0 Å². The summed E-state index contributed by atoms with van der Waals surface area (Å²) in [5.41, 5.74) is 3.27. The largest absolute Gasteiger partial charge is 0.217 e. The molecule has 0 atom stereocenters. The Bertz CT molecular complexity index is 1250. The maximum absolute atomic E-state index is 6.54. The van der Waals surface area contributed by atoms with Gasteiger partial charge in [0.25, 0.3) is 0 Å². The van der Waals surface area contributed by atoms with Gasteiger partial charge in [0.15, 0.2) is 5.82 Å². The van der Waals surface area contributed by atoms with Gasteiger partial charge in [0.05, 0.1) is 5.39 Å². The maximum atomic E-state index is 6.54. The van der Waals surface area contributed by atoms with Crippen molar-refractivity contribution in [1.29, 1.82) is 0 Å². The number of aromatic nitrogens is 2. The molecule has 2 aromatic heterocycles. The van der Waals surface area contributed by atoms with Crippen LogP contribution in [-0.2, 0) is 0 Å². The highest BCUT2D eigenvalue weighted by Gasteiger charge is 2.14. The summed E-state index contributed by atoms with van der Waals surface area (Å²) in [5.74, 6) is 0.659. The molecule has 0 radical (unpaired) electrons. The second-order valence-electron chi connectivity index (χ2n) is 6.06. The van der Waals surface area contributed by atoms with Crippen molar-refractivity contribution in [3.8, 4) is 22.5 Å². The number of nitrogens with zero attached hydrogens (tertiary/aromatic N) is 2. The molecule has 0 spiro atoms. The van der Waals surface area contributed by atoms with Gasteiger partial charge in [0, 0.05) is 15.6 Å². The van der Waals surface area contributed by atoms with Crippen molar-refractivity contribution in [2.45, 2.75) is 0 Å². The fourth-order valence-electron chi connectivity index (χ4n) is 3.18. The lowest BCUT2D eigenvalue weighted by atomic mass is 10.0. The number of fused-ring (bicyclic) bond motifs is 3. The number of hydrogen-bond acceptors (Lipinski definition) is 3. The quantitative estimate of drug-likeness (QED) is 0.317. The molecule has 5 rings (SSSR count). The van der Waals surface area contributed by atoms with E-state index in [-0.39, 0.29) is 0 Å². The molecule has 0 aliphatic carbocycles. The minimum absolute atomic E-state index is 0.507. The van der Waals surface area contributed by atoms with Crippen molar-refractivity contribution in [1.82, 2.24) is 9.97 Å². The van der Waals surface area contributed by atoms with Crippen LogP contribution in [0.1, 0.15) is 0 Å². The van der Waals surface area contributed by atoms with E-state index in [2.05, 4.69) is 41.4 Å². The van der Waals surface area contributed by atoms with Crippen LogP contribution in [-0.4, -0.2) is 9.97 Å². The predicted octanol–water partition coefficient (Wildman–Crippen LogP) is 6.83. The Kier molecular flexibility index (Phi) is 3.70. The highest BCUT2D eigenvalue weighted by atomic mass is 35.5. The molecule has 0 aliphatic rings. The standard InChI is InChI=1S/C22H13ClN2S/c23-20-19-17-11-4-5-12-18(17)26-22(19)25-21(24-20)16-10-6-9-15(13-16)14-7-2-1-3-8-14/h1-13H. The zero-order chi connectivity index (χ0) is 17.5. The number of thiophene rings is 1. The van der Waals surface area contributed by atoms with Gasteiger partial charge in [-0.1, -0.05) is 78.3 Å². The topological polar surface area (TPSA) is 25.8 Å². The first-order chi connectivity index (χ1) is 12.8. The molecule has 0 saturated heterocycles. The highest BCUT2D eigenvalue weighted by molar-refractivity contribution is 7.25. The van der Waals surface area contributed by atoms with E-state index in [1.165, 1.54) is 10.3 Å². The Morgan fingerprint density at radius 2 is 1.42 bits per heavy atom. The summed E-state index contributed by atoms with van der Waals surface area (Å²) in [7, 11) is 0. The predicted molar refractivity (Wildman–Crippen MR) is 111 cm³/mol. The van der Waals surface area contributed by atoms with Crippen LogP contribution in [0.25, 0.3) is 42.8 Å². The molecule has 0 aliphatic heterocycles. The fourth-order valence-corrected chi connectivity index (χ4v) is 4.58.